The number of carbonyl (C=O) groups is 1. The minimum Gasteiger partial charge on any atom is -0.490 e. The van der Waals surface area contributed by atoms with Crippen molar-refractivity contribution >= 4 is 35.1 Å². The van der Waals surface area contributed by atoms with E-state index >= 15 is 0 Å². The van der Waals surface area contributed by atoms with E-state index in [0.29, 0.717) is 42.6 Å². The van der Waals surface area contributed by atoms with E-state index in [1.807, 2.05) is 31.2 Å². The summed E-state index contributed by atoms with van der Waals surface area (Å²) in [5.74, 6) is 0.391. The molecule has 0 saturated carbocycles. The Morgan fingerprint density at radius 1 is 1.45 bits per heavy atom. The summed E-state index contributed by atoms with van der Waals surface area (Å²) in [6.45, 7) is 5.16. The highest BCUT2D eigenvalue weighted by atomic mass is 32.1. The van der Waals surface area contributed by atoms with Crippen LogP contribution >= 0.6 is 12.2 Å². The van der Waals surface area contributed by atoms with Crippen molar-refractivity contribution in [1.29, 1.82) is 0 Å². The summed E-state index contributed by atoms with van der Waals surface area (Å²) >= 11 is 5.09. The Kier molecular flexibility index (Phi) is 5.38. The van der Waals surface area contributed by atoms with Crippen molar-refractivity contribution in [2.45, 2.75) is 20.3 Å². The highest BCUT2D eigenvalue weighted by molar-refractivity contribution is 7.80. The fourth-order valence-corrected chi connectivity index (χ4v) is 2.61. The number of hydrogen-bond donors (Lipinski definition) is 1. The molecule has 5 nitrogen and oxygen atoms in total. The van der Waals surface area contributed by atoms with Gasteiger partial charge in [-0.05, 0) is 38.2 Å². The maximum atomic E-state index is 11.9. The summed E-state index contributed by atoms with van der Waals surface area (Å²) in [6, 6.07) is 5.70. The van der Waals surface area contributed by atoms with Crippen molar-refractivity contribution < 1.29 is 14.3 Å². The number of fused-ring (bicyclic) bond motifs is 1. The van der Waals surface area contributed by atoms with Crippen LogP contribution in [-0.2, 0) is 9.53 Å². The van der Waals surface area contributed by atoms with Gasteiger partial charge in [-0.15, -0.1) is 0 Å². The lowest BCUT2D eigenvalue weighted by Gasteiger charge is -2.24. The predicted octanol–water partition coefficient (Wildman–Crippen LogP) is 2.49. The minimum atomic E-state index is -0.300. The van der Waals surface area contributed by atoms with Crippen molar-refractivity contribution in [2.75, 3.05) is 24.7 Å². The number of carbonyl (C=O) groups excluding carboxylic acids is 1. The Balaban J connectivity index is 2.44. The zero-order valence-electron chi connectivity index (χ0n) is 12.8. The quantitative estimate of drug-likeness (QED) is 0.679. The predicted molar refractivity (Wildman–Crippen MR) is 91.0 cm³/mol. The maximum absolute atomic E-state index is 11.9. The van der Waals surface area contributed by atoms with Gasteiger partial charge in [0.25, 0.3) is 0 Å². The van der Waals surface area contributed by atoms with E-state index < -0.39 is 0 Å². The van der Waals surface area contributed by atoms with Crippen molar-refractivity contribution in [2.24, 2.45) is 5.73 Å². The normalized spacial score (nSPS) is 13.3. The van der Waals surface area contributed by atoms with E-state index in [2.05, 4.69) is 0 Å². The van der Waals surface area contributed by atoms with Gasteiger partial charge in [0.2, 0.25) is 0 Å². The van der Waals surface area contributed by atoms with Crippen LogP contribution < -0.4 is 15.4 Å². The second-order valence-electron chi connectivity index (χ2n) is 4.77. The van der Waals surface area contributed by atoms with E-state index in [4.69, 9.17) is 27.4 Å². The van der Waals surface area contributed by atoms with Gasteiger partial charge in [-0.1, -0.05) is 12.1 Å². The van der Waals surface area contributed by atoms with Crippen LogP contribution in [0.4, 0.5) is 5.69 Å². The fourth-order valence-electron chi connectivity index (χ4n) is 2.38. The summed E-state index contributed by atoms with van der Waals surface area (Å²) in [4.78, 5) is 13.7. The topological polar surface area (TPSA) is 64.8 Å². The zero-order valence-corrected chi connectivity index (χ0v) is 13.6. The first kappa shape index (κ1) is 16.3. The monoisotopic (exact) mass is 320 g/mol. The van der Waals surface area contributed by atoms with E-state index in [-0.39, 0.29) is 5.97 Å². The highest BCUT2D eigenvalue weighted by Crippen LogP contribution is 2.36. The van der Waals surface area contributed by atoms with Crippen LogP contribution in [0.15, 0.2) is 23.8 Å². The van der Waals surface area contributed by atoms with Crippen molar-refractivity contribution in [1.82, 2.24) is 0 Å². The molecule has 0 aliphatic carbocycles. The number of ether oxygens (including phenoxy) is 2. The lowest BCUT2D eigenvalue weighted by atomic mass is 10.1. The number of anilines is 1. The van der Waals surface area contributed by atoms with Gasteiger partial charge in [0.05, 0.1) is 18.9 Å². The standard InChI is InChI=1S/C16H20N2O3S/c1-3-18(16(17)22)13-7-5-6-11-10-12(15(19)20-4-2)8-9-21-14(11)13/h5-7,10H,3-4,8-9H2,1-2H3,(H2,17,22). The van der Waals surface area contributed by atoms with Crippen LogP contribution in [0.2, 0.25) is 0 Å². The molecule has 6 heteroatoms. The third kappa shape index (κ3) is 3.39. The Hall–Kier alpha value is -2.08. The highest BCUT2D eigenvalue weighted by Gasteiger charge is 2.21. The Morgan fingerprint density at radius 3 is 2.86 bits per heavy atom. The minimum absolute atomic E-state index is 0.290. The van der Waals surface area contributed by atoms with Crippen LogP contribution in [0, 0.1) is 0 Å². The van der Waals surface area contributed by atoms with Crippen LogP contribution in [-0.4, -0.2) is 30.8 Å². The molecule has 0 unspecified atom stereocenters. The van der Waals surface area contributed by atoms with Gasteiger partial charge in [-0.25, -0.2) is 4.79 Å². The molecule has 0 atom stereocenters. The average molecular weight is 320 g/mol. The van der Waals surface area contributed by atoms with Gasteiger partial charge in [-0.2, -0.15) is 0 Å². The number of nitrogens with two attached hydrogens (primary N) is 1. The molecule has 0 aromatic heterocycles. The molecule has 2 N–H and O–H groups in total. The van der Waals surface area contributed by atoms with Crippen LogP contribution in [0.25, 0.3) is 6.08 Å². The first-order valence-electron chi connectivity index (χ1n) is 7.29. The summed E-state index contributed by atoms with van der Waals surface area (Å²) < 4.78 is 10.9. The number of para-hydroxylation sites is 1. The molecule has 1 heterocycles. The molecule has 0 spiro atoms. The second-order valence-corrected chi connectivity index (χ2v) is 5.18. The van der Waals surface area contributed by atoms with Gasteiger partial charge < -0.3 is 20.1 Å². The zero-order chi connectivity index (χ0) is 16.1. The van der Waals surface area contributed by atoms with E-state index in [9.17, 15) is 4.79 Å². The number of esters is 1. The molecule has 0 saturated heterocycles. The van der Waals surface area contributed by atoms with Gasteiger partial charge in [0.1, 0.15) is 5.75 Å². The molecule has 0 amide bonds. The maximum Gasteiger partial charge on any atom is 0.334 e. The lowest BCUT2D eigenvalue weighted by molar-refractivity contribution is -0.138. The van der Waals surface area contributed by atoms with E-state index in [0.717, 1.165) is 11.3 Å². The Labute approximate surface area is 135 Å². The van der Waals surface area contributed by atoms with Crippen molar-refractivity contribution in [3.63, 3.8) is 0 Å². The largest absolute Gasteiger partial charge is 0.490 e. The molecule has 1 aromatic rings. The average Bonchev–Trinajstić information content (AvgIpc) is 2.70. The van der Waals surface area contributed by atoms with Gasteiger partial charge in [0, 0.05) is 24.1 Å². The van der Waals surface area contributed by atoms with Crippen LogP contribution in [0.1, 0.15) is 25.8 Å². The van der Waals surface area contributed by atoms with E-state index in [1.54, 1.807) is 11.8 Å². The first-order chi connectivity index (χ1) is 10.6. The number of rotatable bonds is 4. The number of thiocarbonyl (C=S) groups is 1. The molecule has 1 aromatic carbocycles. The van der Waals surface area contributed by atoms with Crippen LogP contribution in [0.5, 0.6) is 5.75 Å². The smallest absolute Gasteiger partial charge is 0.334 e. The molecule has 1 aliphatic heterocycles. The molecule has 0 radical (unpaired) electrons. The summed E-state index contributed by atoms with van der Waals surface area (Å²) in [6.07, 6.45) is 2.32. The molecule has 1 aliphatic rings. The van der Waals surface area contributed by atoms with Crippen molar-refractivity contribution in [3.05, 3.63) is 29.3 Å². The summed E-state index contributed by atoms with van der Waals surface area (Å²) in [5, 5.41) is 0.290. The van der Waals surface area contributed by atoms with E-state index in [1.165, 1.54) is 0 Å². The number of nitrogens with zero attached hydrogens (tertiary/aromatic N) is 1. The molecule has 118 valence electrons. The molecular formula is C16H20N2O3S. The summed E-state index contributed by atoms with van der Waals surface area (Å²) in [5.41, 5.74) is 8.03. The molecular weight excluding hydrogens is 300 g/mol. The third-order valence-electron chi connectivity index (χ3n) is 3.38. The fraction of sp³-hybridized carbons (Fsp3) is 0.375. The molecule has 2 rings (SSSR count). The third-order valence-corrected chi connectivity index (χ3v) is 3.60. The second kappa shape index (κ2) is 7.26. The van der Waals surface area contributed by atoms with Gasteiger partial charge in [0.15, 0.2) is 5.11 Å². The molecule has 0 bridgehead atoms. The molecule has 0 fully saturated rings. The van der Waals surface area contributed by atoms with Crippen LogP contribution in [0.3, 0.4) is 0 Å². The lowest BCUT2D eigenvalue weighted by Crippen LogP contribution is -2.35. The van der Waals surface area contributed by atoms with Gasteiger partial charge >= 0.3 is 5.97 Å². The number of hydrogen-bond acceptors (Lipinski definition) is 4. The Morgan fingerprint density at radius 2 is 2.23 bits per heavy atom. The van der Waals surface area contributed by atoms with Crippen molar-refractivity contribution in [3.8, 4) is 5.75 Å². The SMILES string of the molecule is CCOC(=O)C1=Cc2cccc(N(CC)C(N)=S)c2OCC1. The number of benzene rings is 1. The molecule has 22 heavy (non-hydrogen) atoms. The first-order valence-corrected chi connectivity index (χ1v) is 7.69. The summed E-state index contributed by atoms with van der Waals surface area (Å²) in [7, 11) is 0. The van der Waals surface area contributed by atoms with Gasteiger partial charge in [-0.3, -0.25) is 0 Å². The Bertz CT molecular complexity index is 613.